The number of aromatic nitrogens is 2. The van der Waals surface area contributed by atoms with Crippen LogP contribution in [-0.4, -0.2) is 15.4 Å². The van der Waals surface area contributed by atoms with Crippen LogP contribution in [0.2, 0.25) is 0 Å². The van der Waals surface area contributed by atoms with Crippen LogP contribution < -0.4 is 10.6 Å². The fraction of sp³-hybridized carbons (Fsp3) is 0. The summed E-state index contributed by atoms with van der Waals surface area (Å²) in [6.45, 7) is 0. The van der Waals surface area contributed by atoms with Gasteiger partial charge in [-0.3, -0.25) is 9.72 Å². The van der Waals surface area contributed by atoms with E-state index in [0.29, 0.717) is 23.2 Å². The van der Waals surface area contributed by atoms with Gasteiger partial charge in [0.25, 0.3) is 0 Å². The maximum absolute atomic E-state index is 13.8. The number of benzene rings is 2. The van der Waals surface area contributed by atoms with Crippen LogP contribution in [0.15, 0.2) is 72.9 Å². The van der Waals surface area contributed by atoms with Crippen molar-refractivity contribution in [3.8, 4) is 11.3 Å². The van der Waals surface area contributed by atoms with Crippen molar-refractivity contribution in [1.29, 1.82) is 0 Å². The van der Waals surface area contributed by atoms with E-state index in [4.69, 9.17) is 0 Å². The number of imidazole rings is 1. The molecule has 0 atom stereocenters. The number of carbonyl (C=O) groups is 1. The molecule has 27 heavy (non-hydrogen) atoms. The number of pyridine rings is 1. The molecule has 0 spiro atoms. The number of carbonyl (C=O) groups excluding carboxylic acids is 1. The molecule has 0 unspecified atom stereocenters. The SMILES string of the molecule is O=C(Nc1ccc(F)cc1F)Nc1c(-c2ccccc2)nc2ccccn12. The van der Waals surface area contributed by atoms with Crippen LogP contribution in [0.3, 0.4) is 0 Å². The monoisotopic (exact) mass is 364 g/mol. The first-order valence-corrected chi connectivity index (χ1v) is 8.17. The van der Waals surface area contributed by atoms with E-state index in [2.05, 4.69) is 15.6 Å². The van der Waals surface area contributed by atoms with Crippen molar-refractivity contribution >= 4 is 23.2 Å². The van der Waals surface area contributed by atoms with Gasteiger partial charge in [-0.1, -0.05) is 36.4 Å². The molecule has 2 aromatic carbocycles. The molecule has 2 N–H and O–H groups in total. The zero-order valence-electron chi connectivity index (χ0n) is 14.0. The highest BCUT2D eigenvalue weighted by Crippen LogP contribution is 2.28. The summed E-state index contributed by atoms with van der Waals surface area (Å²) in [6, 6.07) is 17.1. The lowest BCUT2D eigenvalue weighted by molar-refractivity contribution is 0.262. The second kappa shape index (κ2) is 6.87. The number of nitrogens with one attached hydrogen (secondary N) is 2. The largest absolute Gasteiger partial charge is 0.324 e. The van der Waals surface area contributed by atoms with Crippen LogP contribution in [0.25, 0.3) is 16.9 Å². The minimum atomic E-state index is -0.855. The van der Waals surface area contributed by atoms with E-state index in [9.17, 15) is 13.6 Å². The zero-order chi connectivity index (χ0) is 18.8. The standard InChI is InChI=1S/C20H14F2N4O/c21-14-9-10-16(15(22)12-14)23-20(27)25-19-18(13-6-2-1-3-7-13)24-17-8-4-5-11-26(17)19/h1-12H,(H2,23,25,27). The van der Waals surface area contributed by atoms with Crippen LogP contribution in [0.4, 0.5) is 25.1 Å². The topological polar surface area (TPSA) is 58.4 Å². The van der Waals surface area contributed by atoms with Gasteiger partial charge in [-0.15, -0.1) is 0 Å². The third-order valence-electron chi connectivity index (χ3n) is 3.99. The van der Waals surface area contributed by atoms with Crippen LogP contribution in [0.1, 0.15) is 0 Å². The first kappa shape index (κ1) is 16.7. The lowest BCUT2D eigenvalue weighted by atomic mass is 10.1. The summed E-state index contributed by atoms with van der Waals surface area (Å²) < 4.78 is 28.5. The van der Waals surface area contributed by atoms with Crippen molar-refractivity contribution in [2.24, 2.45) is 0 Å². The Bertz CT molecular complexity index is 1130. The van der Waals surface area contributed by atoms with E-state index >= 15 is 0 Å². The van der Waals surface area contributed by atoms with Gasteiger partial charge in [0.2, 0.25) is 0 Å². The average Bonchev–Trinajstić information content (AvgIpc) is 3.03. The van der Waals surface area contributed by atoms with Crippen LogP contribution in [0.5, 0.6) is 0 Å². The van der Waals surface area contributed by atoms with Crippen molar-refractivity contribution in [1.82, 2.24) is 9.38 Å². The molecule has 5 nitrogen and oxygen atoms in total. The smallest absolute Gasteiger partial charge is 0.305 e. The van der Waals surface area contributed by atoms with Gasteiger partial charge in [0, 0.05) is 17.8 Å². The van der Waals surface area contributed by atoms with Gasteiger partial charge >= 0.3 is 6.03 Å². The van der Waals surface area contributed by atoms with Gasteiger partial charge in [0.05, 0.1) is 5.69 Å². The number of rotatable bonds is 3. The summed E-state index contributed by atoms with van der Waals surface area (Å²) in [5.74, 6) is -1.13. The highest BCUT2D eigenvalue weighted by atomic mass is 19.1. The minimum Gasteiger partial charge on any atom is -0.305 e. The van der Waals surface area contributed by atoms with Gasteiger partial charge in [-0.2, -0.15) is 0 Å². The Labute approximate surface area is 153 Å². The van der Waals surface area contributed by atoms with Crippen molar-refractivity contribution in [2.75, 3.05) is 10.6 Å². The molecule has 134 valence electrons. The first-order valence-electron chi connectivity index (χ1n) is 8.17. The second-order valence-corrected chi connectivity index (χ2v) is 5.81. The highest BCUT2D eigenvalue weighted by molar-refractivity contribution is 6.01. The van der Waals surface area contributed by atoms with Crippen LogP contribution in [-0.2, 0) is 0 Å². The Hall–Kier alpha value is -3.74. The number of halogens is 2. The van der Waals surface area contributed by atoms with Crippen molar-refractivity contribution in [3.63, 3.8) is 0 Å². The van der Waals surface area contributed by atoms with Crippen molar-refractivity contribution in [2.45, 2.75) is 0 Å². The lowest BCUT2D eigenvalue weighted by Gasteiger charge is -2.10. The quantitative estimate of drug-likeness (QED) is 0.542. The normalized spacial score (nSPS) is 10.7. The molecule has 0 saturated heterocycles. The summed E-state index contributed by atoms with van der Waals surface area (Å²) in [6.07, 6.45) is 1.77. The van der Waals surface area contributed by atoms with E-state index in [-0.39, 0.29) is 5.69 Å². The lowest BCUT2D eigenvalue weighted by Crippen LogP contribution is -2.21. The summed E-state index contributed by atoms with van der Waals surface area (Å²) >= 11 is 0. The Kier molecular flexibility index (Phi) is 4.25. The van der Waals surface area contributed by atoms with E-state index in [1.165, 1.54) is 0 Å². The third-order valence-corrected chi connectivity index (χ3v) is 3.99. The zero-order valence-corrected chi connectivity index (χ0v) is 14.0. The summed E-state index contributed by atoms with van der Waals surface area (Å²) in [5.41, 5.74) is 1.93. The molecular weight excluding hydrogens is 350 g/mol. The van der Waals surface area contributed by atoms with Crippen molar-refractivity contribution in [3.05, 3.63) is 84.6 Å². The molecule has 2 aromatic heterocycles. The molecule has 0 aliphatic heterocycles. The highest BCUT2D eigenvalue weighted by Gasteiger charge is 2.17. The summed E-state index contributed by atoms with van der Waals surface area (Å²) in [4.78, 5) is 17.0. The summed E-state index contributed by atoms with van der Waals surface area (Å²) in [7, 11) is 0. The molecule has 4 rings (SSSR count). The van der Waals surface area contributed by atoms with Gasteiger partial charge in [0.1, 0.15) is 28.8 Å². The number of nitrogens with zero attached hydrogens (tertiary/aromatic N) is 2. The van der Waals surface area contributed by atoms with E-state index in [1.54, 1.807) is 10.6 Å². The molecule has 0 saturated carbocycles. The fourth-order valence-electron chi connectivity index (χ4n) is 2.76. The van der Waals surface area contributed by atoms with Crippen LogP contribution in [0, 0.1) is 11.6 Å². The average molecular weight is 364 g/mol. The number of urea groups is 1. The molecule has 0 aliphatic rings. The van der Waals surface area contributed by atoms with Gasteiger partial charge < -0.3 is 5.32 Å². The maximum atomic E-state index is 13.8. The van der Waals surface area contributed by atoms with Gasteiger partial charge in [-0.25, -0.2) is 18.6 Å². The number of fused-ring (bicyclic) bond motifs is 1. The predicted octanol–water partition coefficient (Wildman–Crippen LogP) is 4.92. The van der Waals surface area contributed by atoms with Gasteiger partial charge in [0.15, 0.2) is 0 Å². The maximum Gasteiger partial charge on any atom is 0.324 e. The first-order chi connectivity index (χ1) is 13.1. The van der Waals surface area contributed by atoms with Crippen molar-refractivity contribution < 1.29 is 13.6 Å². The van der Waals surface area contributed by atoms with E-state index in [1.807, 2.05) is 48.5 Å². The Morgan fingerprint density at radius 1 is 0.926 bits per heavy atom. The fourth-order valence-corrected chi connectivity index (χ4v) is 2.76. The number of amides is 2. The second-order valence-electron chi connectivity index (χ2n) is 5.81. The molecule has 0 bridgehead atoms. The Balaban J connectivity index is 1.69. The third kappa shape index (κ3) is 3.35. The molecule has 2 heterocycles. The van der Waals surface area contributed by atoms with E-state index < -0.39 is 17.7 Å². The molecular formula is C20H14F2N4O. The number of hydrogen-bond acceptors (Lipinski definition) is 2. The van der Waals surface area contributed by atoms with Gasteiger partial charge in [-0.05, 0) is 24.3 Å². The predicted molar refractivity (Wildman–Crippen MR) is 99.6 cm³/mol. The minimum absolute atomic E-state index is 0.121. The van der Waals surface area contributed by atoms with Crippen LogP contribution >= 0.6 is 0 Å². The van der Waals surface area contributed by atoms with E-state index in [0.717, 1.165) is 17.7 Å². The number of hydrogen-bond donors (Lipinski definition) is 2. The Morgan fingerprint density at radius 2 is 1.70 bits per heavy atom. The summed E-state index contributed by atoms with van der Waals surface area (Å²) in [5, 5.41) is 5.10. The Morgan fingerprint density at radius 3 is 2.48 bits per heavy atom. The molecule has 2 amide bonds. The molecule has 0 fully saturated rings. The molecule has 4 aromatic rings. The number of anilines is 2. The molecule has 7 heteroatoms. The molecule has 0 aliphatic carbocycles. The molecule has 0 radical (unpaired) electrons.